The molecular weight excluding hydrogens is 292 g/mol. The lowest BCUT2D eigenvalue weighted by Crippen LogP contribution is -2.33. The molecule has 2 aromatic rings. The highest BCUT2D eigenvalue weighted by Gasteiger charge is 2.22. The molecule has 3 heterocycles. The Labute approximate surface area is 136 Å². The van der Waals surface area contributed by atoms with Crippen molar-refractivity contribution in [3.8, 4) is 0 Å². The predicted molar refractivity (Wildman–Crippen MR) is 89.5 cm³/mol. The Morgan fingerprint density at radius 3 is 3.26 bits per heavy atom. The number of ether oxygens (including phenoxy) is 1. The van der Waals surface area contributed by atoms with E-state index in [2.05, 4.69) is 32.3 Å². The first-order valence-corrected chi connectivity index (χ1v) is 8.20. The largest absolute Gasteiger partial charge is 0.383 e. The molecule has 1 aliphatic rings. The highest BCUT2D eigenvalue weighted by Crippen LogP contribution is 2.28. The number of pyridine rings is 1. The second kappa shape index (κ2) is 7.57. The molecule has 1 saturated heterocycles. The number of carbonyl (C=O) groups excluding carboxylic acids is 1. The fourth-order valence-electron chi connectivity index (χ4n) is 3.21. The summed E-state index contributed by atoms with van der Waals surface area (Å²) in [5.74, 6) is 0.431. The first kappa shape index (κ1) is 16.0. The average molecular weight is 316 g/mol. The van der Waals surface area contributed by atoms with Gasteiger partial charge in [0.2, 0.25) is 5.91 Å². The van der Waals surface area contributed by atoms with Gasteiger partial charge in [-0.05, 0) is 37.6 Å². The van der Waals surface area contributed by atoms with Gasteiger partial charge < -0.3 is 19.9 Å². The molecule has 3 rings (SSSR count). The van der Waals surface area contributed by atoms with Crippen molar-refractivity contribution in [1.29, 1.82) is 0 Å². The molecule has 0 unspecified atom stereocenters. The van der Waals surface area contributed by atoms with Crippen molar-refractivity contribution < 1.29 is 9.53 Å². The van der Waals surface area contributed by atoms with Crippen molar-refractivity contribution in [2.45, 2.75) is 25.3 Å². The third-order valence-electron chi connectivity index (χ3n) is 4.33. The van der Waals surface area contributed by atoms with Crippen molar-refractivity contribution >= 4 is 16.9 Å². The molecule has 23 heavy (non-hydrogen) atoms. The summed E-state index contributed by atoms with van der Waals surface area (Å²) in [5.41, 5.74) is 2.09. The minimum Gasteiger partial charge on any atom is -0.383 e. The molecule has 1 aliphatic heterocycles. The van der Waals surface area contributed by atoms with Gasteiger partial charge in [0.15, 0.2) is 0 Å². The Balaban J connectivity index is 1.85. The molecule has 2 N–H and O–H groups in total. The third kappa shape index (κ3) is 3.71. The van der Waals surface area contributed by atoms with Gasteiger partial charge in [-0.1, -0.05) is 0 Å². The second-order valence-electron chi connectivity index (χ2n) is 5.96. The normalized spacial score (nSPS) is 18.2. The van der Waals surface area contributed by atoms with Crippen molar-refractivity contribution in [2.24, 2.45) is 0 Å². The van der Waals surface area contributed by atoms with E-state index in [0.29, 0.717) is 25.6 Å². The van der Waals surface area contributed by atoms with E-state index in [4.69, 9.17) is 4.74 Å². The molecule has 0 aromatic carbocycles. The number of piperidine rings is 1. The van der Waals surface area contributed by atoms with Gasteiger partial charge in [-0.25, -0.2) is 4.98 Å². The zero-order valence-corrected chi connectivity index (χ0v) is 13.5. The van der Waals surface area contributed by atoms with Gasteiger partial charge >= 0.3 is 0 Å². The molecule has 0 radical (unpaired) electrons. The fourth-order valence-corrected chi connectivity index (χ4v) is 3.21. The molecular formula is C17H24N4O2. The minimum absolute atomic E-state index is 0.00442. The molecule has 1 amide bonds. The standard InChI is InChI=1S/C17H24N4O2/c1-23-9-8-19-16(22)12-21-15(14-5-2-6-18-11-14)10-13-4-3-7-20-17(13)21/h3-4,7,10,14,18H,2,5-6,8-9,11-12H2,1H3,(H,19,22)/t14-/m1/s1. The van der Waals surface area contributed by atoms with Crippen LogP contribution in [0.3, 0.4) is 0 Å². The molecule has 0 spiro atoms. The van der Waals surface area contributed by atoms with Gasteiger partial charge in [-0.3, -0.25) is 4.79 Å². The van der Waals surface area contributed by atoms with Gasteiger partial charge in [0.25, 0.3) is 0 Å². The van der Waals surface area contributed by atoms with Crippen LogP contribution in [0.15, 0.2) is 24.4 Å². The molecule has 0 saturated carbocycles. The van der Waals surface area contributed by atoms with Crippen LogP contribution in [0.2, 0.25) is 0 Å². The first-order valence-electron chi connectivity index (χ1n) is 8.20. The van der Waals surface area contributed by atoms with E-state index in [1.54, 1.807) is 13.3 Å². The molecule has 6 heteroatoms. The van der Waals surface area contributed by atoms with Gasteiger partial charge in [0.1, 0.15) is 12.2 Å². The summed E-state index contributed by atoms with van der Waals surface area (Å²) in [6.45, 7) is 3.39. The number of amides is 1. The lowest BCUT2D eigenvalue weighted by atomic mass is 9.96. The summed E-state index contributed by atoms with van der Waals surface area (Å²) in [4.78, 5) is 16.7. The van der Waals surface area contributed by atoms with E-state index in [1.165, 1.54) is 12.1 Å². The van der Waals surface area contributed by atoms with Crippen LogP contribution >= 0.6 is 0 Å². The van der Waals surface area contributed by atoms with Crippen LogP contribution in [0.1, 0.15) is 24.5 Å². The summed E-state index contributed by atoms with van der Waals surface area (Å²) in [6.07, 6.45) is 4.10. The number of fused-ring (bicyclic) bond motifs is 1. The average Bonchev–Trinajstić information content (AvgIpc) is 2.95. The Bertz CT molecular complexity index is 662. The quantitative estimate of drug-likeness (QED) is 0.788. The lowest BCUT2D eigenvalue weighted by Gasteiger charge is -2.24. The number of nitrogens with one attached hydrogen (secondary N) is 2. The molecule has 1 atom stereocenters. The van der Waals surface area contributed by atoms with Gasteiger partial charge in [0, 0.05) is 43.4 Å². The van der Waals surface area contributed by atoms with Crippen molar-refractivity contribution in [3.05, 3.63) is 30.1 Å². The van der Waals surface area contributed by atoms with Crippen LogP contribution in [-0.4, -0.2) is 48.8 Å². The molecule has 6 nitrogen and oxygen atoms in total. The number of hydrogen-bond donors (Lipinski definition) is 2. The maximum atomic E-state index is 12.2. The Kier molecular flexibility index (Phi) is 5.25. The Hall–Kier alpha value is -1.92. The van der Waals surface area contributed by atoms with E-state index in [9.17, 15) is 4.79 Å². The number of hydrogen-bond acceptors (Lipinski definition) is 4. The maximum Gasteiger partial charge on any atom is 0.240 e. The highest BCUT2D eigenvalue weighted by atomic mass is 16.5. The maximum absolute atomic E-state index is 12.2. The van der Waals surface area contributed by atoms with Crippen LogP contribution < -0.4 is 10.6 Å². The summed E-state index contributed by atoms with van der Waals surface area (Å²) in [6, 6.07) is 6.18. The molecule has 0 bridgehead atoms. The highest BCUT2D eigenvalue weighted by molar-refractivity contribution is 5.82. The zero-order valence-electron chi connectivity index (χ0n) is 13.5. The number of carbonyl (C=O) groups is 1. The van der Waals surface area contributed by atoms with Crippen molar-refractivity contribution in [1.82, 2.24) is 20.2 Å². The number of nitrogens with zero attached hydrogens (tertiary/aromatic N) is 2. The summed E-state index contributed by atoms with van der Waals surface area (Å²) >= 11 is 0. The van der Waals surface area contributed by atoms with Gasteiger partial charge in [0.05, 0.1) is 6.61 Å². The third-order valence-corrected chi connectivity index (χ3v) is 4.33. The molecule has 124 valence electrons. The van der Waals surface area contributed by atoms with Gasteiger partial charge in [-0.2, -0.15) is 0 Å². The van der Waals surface area contributed by atoms with E-state index < -0.39 is 0 Å². The van der Waals surface area contributed by atoms with Crippen molar-refractivity contribution in [3.63, 3.8) is 0 Å². The smallest absolute Gasteiger partial charge is 0.240 e. The number of methoxy groups -OCH3 is 1. The number of aromatic nitrogens is 2. The number of rotatable bonds is 6. The molecule has 1 fully saturated rings. The molecule has 0 aliphatic carbocycles. The van der Waals surface area contributed by atoms with Crippen LogP contribution in [0.5, 0.6) is 0 Å². The van der Waals surface area contributed by atoms with Crippen molar-refractivity contribution in [2.75, 3.05) is 33.4 Å². The minimum atomic E-state index is -0.00442. The summed E-state index contributed by atoms with van der Waals surface area (Å²) < 4.78 is 7.04. The zero-order chi connectivity index (χ0) is 16.1. The lowest BCUT2D eigenvalue weighted by molar-refractivity contribution is -0.121. The Morgan fingerprint density at radius 2 is 2.48 bits per heavy atom. The fraction of sp³-hybridized carbons (Fsp3) is 0.529. The van der Waals surface area contributed by atoms with Crippen LogP contribution in [-0.2, 0) is 16.1 Å². The summed E-state index contributed by atoms with van der Waals surface area (Å²) in [5, 5.41) is 7.43. The van der Waals surface area contributed by atoms with Crippen LogP contribution in [0.25, 0.3) is 11.0 Å². The summed E-state index contributed by atoms with van der Waals surface area (Å²) in [7, 11) is 1.63. The monoisotopic (exact) mass is 316 g/mol. The molecule has 2 aromatic heterocycles. The van der Waals surface area contributed by atoms with Gasteiger partial charge in [-0.15, -0.1) is 0 Å². The second-order valence-corrected chi connectivity index (χ2v) is 5.96. The van der Waals surface area contributed by atoms with Crippen LogP contribution in [0.4, 0.5) is 0 Å². The van der Waals surface area contributed by atoms with Crippen LogP contribution in [0, 0.1) is 0 Å². The SMILES string of the molecule is COCCNC(=O)Cn1c([C@@H]2CCCNC2)cc2cccnc21. The Morgan fingerprint density at radius 1 is 1.57 bits per heavy atom. The van der Waals surface area contributed by atoms with E-state index in [1.807, 2.05) is 6.07 Å². The first-order chi connectivity index (χ1) is 11.3. The predicted octanol–water partition coefficient (Wildman–Crippen LogP) is 1.27. The topological polar surface area (TPSA) is 68.2 Å². The van der Waals surface area contributed by atoms with E-state index in [-0.39, 0.29) is 5.91 Å². The van der Waals surface area contributed by atoms with E-state index in [0.717, 1.165) is 30.5 Å². The van der Waals surface area contributed by atoms with E-state index >= 15 is 0 Å².